The smallest absolute Gasteiger partial charge is 0.257 e. The quantitative estimate of drug-likeness (QED) is 0.368. The molecular weight excluding hydrogens is 476 g/mol. The third-order valence-electron chi connectivity index (χ3n) is 6.54. The second-order valence-electron chi connectivity index (χ2n) is 9.76. The topological polar surface area (TPSA) is 106 Å². The van der Waals surface area contributed by atoms with E-state index in [2.05, 4.69) is 29.1 Å². The Hall–Kier alpha value is -3.59. The van der Waals surface area contributed by atoms with Gasteiger partial charge >= 0.3 is 0 Å². The number of aromatic nitrogens is 3. The molecule has 1 atom stereocenters. The van der Waals surface area contributed by atoms with Gasteiger partial charge in [-0.05, 0) is 29.5 Å². The Kier molecular flexibility index (Phi) is 6.34. The molecule has 3 aromatic rings. The number of hydrogen-bond acceptors (Lipinski definition) is 8. The van der Waals surface area contributed by atoms with Gasteiger partial charge in [-0.25, -0.2) is 4.98 Å². The van der Waals surface area contributed by atoms with Crippen molar-refractivity contribution in [2.75, 3.05) is 19.5 Å². The molecule has 1 aromatic carbocycles. The molecule has 0 amide bonds. The average molecular weight is 505 g/mol. The summed E-state index contributed by atoms with van der Waals surface area (Å²) in [5.74, 6) is 1.50. The zero-order chi connectivity index (χ0) is 25.4. The standard InChI is InChI=1S/C27H28N4O4S/c1-27(2)11-17-21(18(32)12-27)20(16-8-5-9-19(34-3)23(16)35-4)22-24(29-17)30-26(31-25(22)33)36-14-15-7-6-10-28-13-15/h5-10,13,20H,11-12,14H2,1-4H3,(H2,29,30,31,33). The number of anilines is 1. The minimum absolute atomic E-state index is 0.0173. The lowest BCUT2D eigenvalue weighted by Gasteiger charge is -2.38. The summed E-state index contributed by atoms with van der Waals surface area (Å²) in [6, 6.07) is 9.38. The number of ether oxygens (including phenoxy) is 2. The molecule has 1 aliphatic heterocycles. The van der Waals surface area contributed by atoms with E-state index in [9.17, 15) is 9.59 Å². The number of methoxy groups -OCH3 is 2. The van der Waals surface area contributed by atoms with Crippen molar-refractivity contribution in [3.8, 4) is 11.5 Å². The summed E-state index contributed by atoms with van der Waals surface area (Å²) in [4.78, 5) is 39.0. The maximum atomic E-state index is 13.6. The number of pyridine rings is 1. The normalized spacial score (nSPS) is 18.2. The average Bonchev–Trinajstić information content (AvgIpc) is 2.85. The lowest BCUT2D eigenvalue weighted by molar-refractivity contribution is -0.118. The van der Waals surface area contributed by atoms with Crippen molar-refractivity contribution >= 4 is 23.4 Å². The van der Waals surface area contributed by atoms with E-state index in [1.807, 2.05) is 24.3 Å². The van der Waals surface area contributed by atoms with Gasteiger partial charge in [-0.1, -0.05) is 43.8 Å². The number of thioether (sulfide) groups is 1. The first-order chi connectivity index (χ1) is 17.3. The third kappa shape index (κ3) is 4.39. The van der Waals surface area contributed by atoms with Gasteiger partial charge in [-0.2, -0.15) is 0 Å². The lowest BCUT2D eigenvalue weighted by atomic mass is 9.69. The molecule has 2 N–H and O–H groups in total. The molecule has 0 saturated carbocycles. The van der Waals surface area contributed by atoms with Crippen LogP contribution in [0, 0.1) is 5.41 Å². The molecule has 0 spiro atoms. The highest BCUT2D eigenvalue weighted by Gasteiger charge is 2.43. The second-order valence-corrected chi connectivity index (χ2v) is 10.7. The van der Waals surface area contributed by atoms with Gasteiger partial charge in [0, 0.05) is 41.4 Å². The van der Waals surface area contributed by atoms with Crippen LogP contribution in [0.25, 0.3) is 0 Å². The van der Waals surface area contributed by atoms with Gasteiger partial charge in [0.2, 0.25) is 0 Å². The fourth-order valence-corrected chi connectivity index (χ4v) is 5.84. The molecular formula is C27H28N4O4S. The van der Waals surface area contributed by atoms with Gasteiger partial charge in [0.1, 0.15) is 5.82 Å². The fourth-order valence-electron chi connectivity index (χ4n) is 5.05. The first-order valence-corrected chi connectivity index (χ1v) is 12.7. The Morgan fingerprint density at radius 1 is 1.11 bits per heavy atom. The number of fused-ring (bicyclic) bond motifs is 1. The number of aromatic amines is 1. The molecule has 2 aromatic heterocycles. The van der Waals surface area contributed by atoms with Crippen LogP contribution in [-0.2, 0) is 10.5 Å². The molecule has 2 aliphatic rings. The molecule has 3 heterocycles. The summed E-state index contributed by atoms with van der Waals surface area (Å²) in [5.41, 5.74) is 3.03. The number of allylic oxidation sites excluding steroid dienone is 2. The van der Waals surface area contributed by atoms with Crippen LogP contribution in [0.1, 0.15) is 49.3 Å². The van der Waals surface area contributed by atoms with Crippen molar-refractivity contribution in [3.63, 3.8) is 0 Å². The Balaban J connectivity index is 1.65. The van der Waals surface area contributed by atoms with E-state index in [0.29, 0.717) is 57.8 Å². The van der Waals surface area contributed by atoms with E-state index < -0.39 is 5.92 Å². The minimum Gasteiger partial charge on any atom is -0.493 e. The van der Waals surface area contributed by atoms with Gasteiger partial charge in [0.25, 0.3) is 5.56 Å². The number of carbonyl (C=O) groups excluding carboxylic acids is 1. The van der Waals surface area contributed by atoms with Crippen molar-refractivity contribution in [1.82, 2.24) is 15.0 Å². The molecule has 1 aliphatic carbocycles. The number of hydrogen-bond donors (Lipinski definition) is 2. The van der Waals surface area contributed by atoms with Gasteiger partial charge in [-0.15, -0.1) is 0 Å². The molecule has 8 nitrogen and oxygen atoms in total. The van der Waals surface area contributed by atoms with E-state index in [0.717, 1.165) is 11.3 Å². The number of para-hydroxylation sites is 1. The monoisotopic (exact) mass is 504 g/mol. The highest BCUT2D eigenvalue weighted by Crippen LogP contribution is 2.50. The van der Waals surface area contributed by atoms with E-state index in [1.54, 1.807) is 32.7 Å². The summed E-state index contributed by atoms with van der Waals surface area (Å²) in [5, 5.41) is 3.86. The maximum Gasteiger partial charge on any atom is 0.257 e. The van der Waals surface area contributed by atoms with E-state index >= 15 is 0 Å². The molecule has 0 bridgehead atoms. The van der Waals surface area contributed by atoms with Crippen molar-refractivity contribution in [2.45, 2.75) is 43.5 Å². The highest BCUT2D eigenvalue weighted by atomic mass is 32.2. The van der Waals surface area contributed by atoms with Crippen molar-refractivity contribution < 1.29 is 14.3 Å². The van der Waals surface area contributed by atoms with E-state index in [4.69, 9.17) is 14.5 Å². The number of H-pyrrole nitrogens is 1. The van der Waals surface area contributed by atoms with Crippen LogP contribution >= 0.6 is 11.8 Å². The van der Waals surface area contributed by atoms with Crippen LogP contribution in [0.5, 0.6) is 11.5 Å². The van der Waals surface area contributed by atoms with Crippen molar-refractivity contribution in [3.05, 3.63) is 81.0 Å². The number of benzene rings is 1. The van der Waals surface area contributed by atoms with Gasteiger partial charge in [0.05, 0.1) is 25.7 Å². The largest absolute Gasteiger partial charge is 0.493 e. The van der Waals surface area contributed by atoms with Crippen LogP contribution in [0.4, 0.5) is 5.82 Å². The van der Waals surface area contributed by atoms with Crippen molar-refractivity contribution in [1.29, 1.82) is 0 Å². The number of carbonyl (C=O) groups is 1. The Labute approximate surface area is 213 Å². The second kappa shape index (κ2) is 9.46. The molecule has 0 fully saturated rings. The lowest BCUT2D eigenvalue weighted by Crippen LogP contribution is -2.37. The first-order valence-electron chi connectivity index (χ1n) is 11.7. The Morgan fingerprint density at radius 2 is 1.94 bits per heavy atom. The molecule has 1 unspecified atom stereocenters. The van der Waals surface area contributed by atoms with Gasteiger partial charge < -0.3 is 19.8 Å². The van der Waals surface area contributed by atoms with Gasteiger partial charge in [-0.3, -0.25) is 14.6 Å². The Bertz CT molecular complexity index is 1420. The van der Waals surface area contributed by atoms with Crippen LogP contribution in [0.2, 0.25) is 0 Å². The van der Waals surface area contributed by atoms with Crippen LogP contribution in [-0.4, -0.2) is 35.0 Å². The van der Waals surface area contributed by atoms with Crippen LogP contribution in [0.15, 0.2) is 63.9 Å². The molecule has 186 valence electrons. The third-order valence-corrected chi connectivity index (χ3v) is 7.49. The first kappa shape index (κ1) is 24.1. The minimum atomic E-state index is -0.626. The summed E-state index contributed by atoms with van der Waals surface area (Å²) in [6.45, 7) is 4.15. The zero-order valence-electron chi connectivity index (χ0n) is 20.7. The van der Waals surface area contributed by atoms with Crippen LogP contribution in [0.3, 0.4) is 0 Å². The Morgan fingerprint density at radius 3 is 2.67 bits per heavy atom. The SMILES string of the molecule is COc1cccc(C2C3=C(CC(C)(C)CC3=O)Nc3nc(SCc4cccnc4)[nH]c(=O)c32)c1OC. The maximum absolute atomic E-state index is 13.6. The van der Waals surface area contributed by atoms with E-state index in [1.165, 1.54) is 11.8 Å². The number of Topliss-reactive ketones (excluding diaryl/α,β-unsaturated/α-hetero) is 1. The van der Waals surface area contributed by atoms with Crippen LogP contribution < -0.4 is 20.3 Å². The summed E-state index contributed by atoms with van der Waals surface area (Å²) < 4.78 is 11.2. The molecule has 0 radical (unpaired) electrons. The molecule has 36 heavy (non-hydrogen) atoms. The summed E-state index contributed by atoms with van der Waals surface area (Å²) in [7, 11) is 3.13. The van der Waals surface area contributed by atoms with Crippen molar-refractivity contribution in [2.24, 2.45) is 5.41 Å². The van der Waals surface area contributed by atoms with E-state index in [-0.39, 0.29) is 16.8 Å². The zero-order valence-corrected chi connectivity index (χ0v) is 21.5. The molecule has 9 heteroatoms. The number of nitrogens with zero attached hydrogens (tertiary/aromatic N) is 2. The number of nitrogens with one attached hydrogen (secondary N) is 2. The summed E-state index contributed by atoms with van der Waals surface area (Å²) >= 11 is 1.43. The van der Waals surface area contributed by atoms with Gasteiger partial charge in [0.15, 0.2) is 22.4 Å². The predicted octanol–water partition coefficient (Wildman–Crippen LogP) is 4.68. The summed E-state index contributed by atoms with van der Waals surface area (Å²) in [6.07, 6.45) is 4.58. The molecule has 5 rings (SSSR count). The number of ketones is 1. The molecule has 0 saturated heterocycles. The highest BCUT2D eigenvalue weighted by molar-refractivity contribution is 7.98. The fraction of sp³-hybridized carbons (Fsp3) is 0.333. The predicted molar refractivity (Wildman–Crippen MR) is 139 cm³/mol. The number of rotatable bonds is 6.